The molecule has 5 rings (SSSR count). The molecule has 1 aliphatic heterocycles. The molecule has 0 unspecified atom stereocenters. The Hall–Kier alpha value is -3.39. The molecular formula is C27H20ClN3O2S2. The molecule has 0 aliphatic carbocycles. The number of rotatable bonds is 6. The molecule has 5 nitrogen and oxygen atoms in total. The number of ether oxygens (including phenoxy) is 1. The van der Waals surface area contributed by atoms with Crippen LogP contribution >= 0.6 is 35.6 Å². The molecule has 35 heavy (non-hydrogen) atoms. The minimum Gasteiger partial charge on any atom is -0.495 e. The number of benzene rings is 3. The summed E-state index contributed by atoms with van der Waals surface area (Å²) in [6.45, 7) is 0.438. The molecular weight excluding hydrogens is 498 g/mol. The quantitative estimate of drug-likeness (QED) is 0.213. The molecule has 4 aromatic rings. The maximum atomic E-state index is 13.3. The maximum Gasteiger partial charge on any atom is 0.266 e. The third-order valence-corrected chi connectivity index (χ3v) is 7.21. The van der Waals surface area contributed by atoms with E-state index in [1.807, 2.05) is 91.1 Å². The van der Waals surface area contributed by atoms with Crippen molar-refractivity contribution in [3.05, 3.63) is 106 Å². The van der Waals surface area contributed by atoms with Gasteiger partial charge in [0.25, 0.3) is 5.91 Å². The average Bonchev–Trinajstić information content (AvgIpc) is 3.42. The summed E-state index contributed by atoms with van der Waals surface area (Å²) in [4.78, 5) is 15.5. The van der Waals surface area contributed by atoms with Crippen LogP contribution in [0.3, 0.4) is 0 Å². The summed E-state index contributed by atoms with van der Waals surface area (Å²) < 4.78 is 7.63. The summed E-state index contributed by atoms with van der Waals surface area (Å²) in [7, 11) is 1.58. The number of hydrogen-bond donors (Lipinski definition) is 0. The van der Waals surface area contributed by atoms with E-state index in [9.17, 15) is 4.79 Å². The fourth-order valence-corrected chi connectivity index (χ4v) is 5.29. The standard InChI is InChI=1S/C27H20ClN3O2S2/c1-33-23-13-12-19(14-22(23)28)25-20(17-31(29-25)21-10-6-3-7-11-21)15-24-26(32)30(27(34)35-24)16-18-8-4-2-5-9-18/h2-15,17H,16H2,1H3. The first kappa shape index (κ1) is 23.4. The third kappa shape index (κ3) is 4.89. The number of hydrogen-bond acceptors (Lipinski definition) is 5. The Kier molecular flexibility index (Phi) is 6.72. The molecule has 0 saturated carbocycles. The second-order valence-electron chi connectivity index (χ2n) is 7.82. The molecule has 1 saturated heterocycles. The van der Waals surface area contributed by atoms with Crippen molar-refractivity contribution in [3.8, 4) is 22.7 Å². The number of para-hydroxylation sites is 1. The largest absolute Gasteiger partial charge is 0.495 e. The predicted octanol–water partition coefficient (Wildman–Crippen LogP) is 6.60. The maximum absolute atomic E-state index is 13.3. The Bertz CT molecular complexity index is 1440. The van der Waals surface area contributed by atoms with Gasteiger partial charge in [-0.15, -0.1) is 0 Å². The molecule has 0 spiro atoms. The lowest BCUT2D eigenvalue weighted by molar-refractivity contribution is -0.122. The molecule has 1 fully saturated rings. The summed E-state index contributed by atoms with van der Waals surface area (Å²) in [5.41, 5.74) is 4.23. The predicted molar refractivity (Wildman–Crippen MR) is 146 cm³/mol. The zero-order valence-corrected chi connectivity index (χ0v) is 21.1. The first-order valence-electron chi connectivity index (χ1n) is 10.8. The average molecular weight is 518 g/mol. The minimum absolute atomic E-state index is 0.116. The minimum atomic E-state index is -0.116. The summed E-state index contributed by atoms with van der Waals surface area (Å²) in [6, 6.07) is 25.2. The summed E-state index contributed by atoms with van der Waals surface area (Å²) in [5.74, 6) is 0.469. The Morgan fingerprint density at radius 1 is 1.06 bits per heavy atom. The topological polar surface area (TPSA) is 47.4 Å². The SMILES string of the molecule is COc1ccc(-c2nn(-c3ccccc3)cc2C=C2SC(=S)N(Cc3ccccc3)C2=O)cc1Cl. The van der Waals surface area contributed by atoms with Gasteiger partial charge in [0.2, 0.25) is 0 Å². The van der Waals surface area contributed by atoms with Crippen LogP contribution in [0.5, 0.6) is 5.75 Å². The van der Waals surface area contributed by atoms with E-state index in [1.165, 1.54) is 11.8 Å². The van der Waals surface area contributed by atoms with E-state index >= 15 is 0 Å². The van der Waals surface area contributed by atoms with E-state index in [1.54, 1.807) is 16.7 Å². The van der Waals surface area contributed by atoms with Crippen molar-refractivity contribution in [2.75, 3.05) is 7.11 Å². The number of thioether (sulfide) groups is 1. The van der Waals surface area contributed by atoms with E-state index in [-0.39, 0.29) is 5.91 Å². The fraction of sp³-hybridized carbons (Fsp3) is 0.0741. The van der Waals surface area contributed by atoms with Gasteiger partial charge in [-0.2, -0.15) is 5.10 Å². The van der Waals surface area contributed by atoms with Gasteiger partial charge in [-0.05, 0) is 42.0 Å². The smallest absolute Gasteiger partial charge is 0.266 e. The number of methoxy groups -OCH3 is 1. The van der Waals surface area contributed by atoms with Crippen LogP contribution in [0.4, 0.5) is 0 Å². The number of nitrogens with zero attached hydrogens (tertiary/aromatic N) is 3. The highest BCUT2D eigenvalue weighted by molar-refractivity contribution is 8.26. The molecule has 1 aromatic heterocycles. The van der Waals surface area contributed by atoms with Gasteiger partial charge in [-0.3, -0.25) is 9.69 Å². The lowest BCUT2D eigenvalue weighted by Gasteiger charge is -2.14. The number of halogens is 1. The van der Waals surface area contributed by atoms with Crippen LogP contribution in [-0.2, 0) is 11.3 Å². The summed E-state index contributed by atoms with van der Waals surface area (Å²) in [5, 5.41) is 5.31. The lowest BCUT2D eigenvalue weighted by atomic mass is 10.1. The van der Waals surface area contributed by atoms with Gasteiger partial charge >= 0.3 is 0 Å². The van der Waals surface area contributed by atoms with Gasteiger partial charge in [-0.1, -0.05) is 84.1 Å². The Morgan fingerprint density at radius 3 is 2.46 bits per heavy atom. The van der Waals surface area contributed by atoms with Gasteiger partial charge in [0.15, 0.2) is 0 Å². The molecule has 0 N–H and O–H groups in total. The molecule has 0 radical (unpaired) electrons. The van der Waals surface area contributed by atoms with E-state index in [4.69, 9.17) is 33.7 Å². The Labute approximate surface area is 218 Å². The van der Waals surface area contributed by atoms with Crippen molar-refractivity contribution in [1.82, 2.24) is 14.7 Å². The third-order valence-electron chi connectivity index (χ3n) is 5.53. The van der Waals surface area contributed by atoms with Crippen LogP contribution in [-0.4, -0.2) is 32.0 Å². The van der Waals surface area contributed by atoms with E-state index in [0.717, 1.165) is 22.4 Å². The highest BCUT2D eigenvalue weighted by Crippen LogP contribution is 2.37. The second-order valence-corrected chi connectivity index (χ2v) is 9.90. The highest BCUT2D eigenvalue weighted by atomic mass is 35.5. The van der Waals surface area contributed by atoms with Crippen molar-refractivity contribution >= 4 is 51.9 Å². The number of thiocarbonyl (C=S) groups is 1. The van der Waals surface area contributed by atoms with Crippen LogP contribution < -0.4 is 4.74 Å². The second kappa shape index (κ2) is 10.1. The molecule has 0 atom stereocenters. The first-order valence-corrected chi connectivity index (χ1v) is 12.4. The molecule has 1 aliphatic rings. The zero-order chi connectivity index (χ0) is 24.4. The number of carbonyl (C=O) groups excluding carboxylic acids is 1. The van der Waals surface area contributed by atoms with Crippen LogP contribution in [0.2, 0.25) is 5.02 Å². The van der Waals surface area contributed by atoms with Gasteiger partial charge in [0, 0.05) is 17.3 Å². The molecule has 1 amide bonds. The number of amides is 1. The normalized spacial score (nSPS) is 14.7. The van der Waals surface area contributed by atoms with Crippen LogP contribution in [0.15, 0.2) is 90.0 Å². The first-order chi connectivity index (χ1) is 17.0. The van der Waals surface area contributed by atoms with Gasteiger partial charge in [0.05, 0.1) is 29.3 Å². The monoisotopic (exact) mass is 517 g/mol. The molecule has 174 valence electrons. The van der Waals surface area contributed by atoms with Gasteiger partial charge < -0.3 is 4.74 Å². The number of aromatic nitrogens is 2. The Morgan fingerprint density at radius 2 is 1.77 bits per heavy atom. The van der Waals surface area contributed by atoms with Crippen LogP contribution in [0.25, 0.3) is 23.0 Å². The van der Waals surface area contributed by atoms with Crippen molar-refractivity contribution in [3.63, 3.8) is 0 Å². The van der Waals surface area contributed by atoms with Gasteiger partial charge in [-0.25, -0.2) is 4.68 Å². The highest BCUT2D eigenvalue weighted by Gasteiger charge is 2.32. The summed E-state index contributed by atoms with van der Waals surface area (Å²) >= 11 is 13.2. The molecule has 8 heteroatoms. The van der Waals surface area contributed by atoms with Crippen molar-refractivity contribution in [1.29, 1.82) is 0 Å². The van der Waals surface area contributed by atoms with E-state index in [0.29, 0.717) is 32.2 Å². The van der Waals surface area contributed by atoms with Crippen molar-refractivity contribution < 1.29 is 9.53 Å². The lowest BCUT2D eigenvalue weighted by Crippen LogP contribution is -2.27. The zero-order valence-electron chi connectivity index (χ0n) is 18.7. The fourth-order valence-electron chi connectivity index (χ4n) is 3.79. The summed E-state index contributed by atoms with van der Waals surface area (Å²) in [6.07, 6.45) is 3.76. The molecule has 0 bridgehead atoms. The van der Waals surface area contributed by atoms with Crippen molar-refractivity contribution in [2.45, 2.75) is 6.54 Å². The van der Waals surface area contributed by atoms with Crippen LogP contribution in [0.1, 0.15) is 11.1 Å². The van der Waals surface area contributed by atoms with Gasteiger partial charge in [0.1, 0.15) is 15.8 Å². The molecule has 2 heterocycles. The Balaban J connectivity index is 1.54. The molecule has 3 aromatic carbocycles. The number of carbonyl (C=O) groups is 1. The van der Waals surface area contributed by atoms with E-state index < -0.39 is 0 Å². The van der Waals surface area contributed by atoms with E-state index in [2.05, 4.69) is 0 Å². The van der Waals surface area contributed by atoms with Crippen LogP contribution in [0, 0.1) is 0 Å². The van der Waals surface area contributed by atoms with Crippen molar-refractivity contribution in [2.24, 2.45) is 0 Å².